The third kappa shape index (κ3) is 4.80. The Hall–Kier alpha value is -7.17. The predicted octanol–water partition coefficient (Wildman–Crippen LogP) is 14.0. The van der Waals surface area contributed by atoms with Gasteiger partial charge in [0, 0.05) is 43.8 Å². The van der Waals surface area contributed by atoms with Crippen molar-refractivity contribution in [1.29, 1.82) is 0 Å². The molecule has 0 aliphatic rings. The van der Waals surface area contributed by atoms with Crippen LogP contribution in [0.15, 0.2) is 189 Å². The van der Waals surface area contributed by atoms with Crippen molar-refractivity contribution in [3.05, 3.63) is 176 Å². The lowest BCUT2D eigenvalue weighted by atomic mass is 9.90. The van der Waals surface area contributed by atoms with E-state index in [-0.39, 0.29) is 0 Å². The van der Waals surface area contributed by atoms with Gasteiger partial charge in [0.2, 0.25) is 5.89 Å². The fourth-order valence-corrected chi connectivity index (χ4v) is 7.79. The van der Waals surface area contributed by atoms with Crippen LogP contribution in [0.3, 0.4) is 0 Å². The van der Waals surface area contributed by atoms with Crippen LogP contribution in [0.25, 0.3) is 111 Å². The molecule has 0 radical (unpaired) electrons. The van der Waals surface area contributed by atoms with Crippen LogP contribution < -0.4 is 0 Å². The quantitative estimate of drug-likeness (QED) is 0.182. The van der Waals surface area contributed by atoms with Crippen molar-refractivity contribution < 1.29 is 13.3 Å². The number of benzene rings is 8. The molecular weight excluding hydrogens is 651 g/mol. The average molecular weight is 680 g/mol. The normalized spacial score (nSPS) is 11.8. The van der Waals surface area contributed by atoms with Gasteiger partial charge in [-0.05, 0) is 82.4 Å². The molecule has 3 aromatic heterocycles. The molecule has 0 spiro atoms. The van der Waals surface area contributed by atoms with Crippen molar-refractivity contribution in [2.24, 2.45) is 0 Å². The van der Waals surface area contributed by atoms with Gasteiger partial charge in [-0.1, -0.05) is 121 Å². The van der Waals surface area contributed by atoms with E-state index in [2.05, 4.69) is 115 Å². The van der Waals surface area contributed by atoms with E-state index in [0.29, 0.717) is 5.89 Å². The number of fused-ring (bicyclic) bond motifs is 7. The predicted molar refractivity (Wildman–Crippen MR) is 216 cm³/mol. The fourth-order valence-electron chi connectivity index (χ4n) is 7.79. The molecule has 248 valence electrons. The molecule has 0 N–H and O–H groups in total. The highest BCUT2D eigenvalue weighted by molar-refractivity contribution is 6.12. The summed E-state index contributed by atoms with van der Waals surface area (Å²) in [5.41, 5.74) is 14.1. The molecule has 8 aromatic carbocycles. The van der Waals surface area contributed by atoms with E-state index in [1.165, 1.54) is 0 Å². The van der Waals surface area contributed by atoms with Gasteiger partial charge in [0.1, 0.15) is 27.8 Å². The second kappa shape index (κ2) is 11.7. The molecule has 0 aliphatic heterocycles. The number of furan rings is 2. The number of hydrogen-bond donors (Lipinski definition) is 0. The molecule has 0 fully saturated rings. The number of para-hydroxylation sites is 4. The van der Waals surface area contributed by atoms with E-state index >= 15 is 0 Å². The summed E-state index contributed by atoms with van der Waals surface area (Å²) in [6, 6.07) is 60.9. The van der Waals surface area contributed by atoms with E-state index in [9.17, 15) is 0 Å². The maximum absolute atomic E-state index is 6.59. The molecule has 0 saturated heterocycles. The number of oxazole rings is 1. The lowest BCUT2D eigenvalue weighted by Gasteiger charge is -2.13. The Morgan fingerprint density at radius 1 is 0.302 bits per heavy atom. The van der Waals surface area contributed by atoms with Crippen molar-refractivity contribution in [1.82, 2.24) is 4.98 Å². The molecule has 0 amide bonds. The zero-order valence-electron chi connectivity index (χ0n) is 28.4. The van der Waals surface area contributed by atoms with Crippen LogP contribution >= 0.6 is 0 Å². The Balaban J connectivity index is 1.22. The van der Waals surface area contributed by atoms with E-state index in [4.69, 9.17) is 18.2 Å². The summed E-state index contributed by atoms with van der Waals surface area (Å²) in [7, 11) is 0. The molecule has 0 aliphatic carbocycles. The SMILES string of the molecule is c1ccc(-c2cc(-c3cc(-c4cccc5c4oc4ccccc45)cc(-c4cccc5c4oc4ccccc45)c3)c3nc(-c4ccccc4)oc3c2)cc1. The summed E-state index contributed by atoms with van der Waals surface area (Å²) in [6.07, 6.45) is 0. The van der Waals surface area contributed by atoms with Crippen molar-refractivity contribution in [2.45, 2.75) is 0 Å². The van der Waals surface area contributed by atoms with Crippen molar-refractivity contribution in [2.75, 3.05) is 0 Å². The average Bonchev–Trinajstić information content (AvgIpc) is 3.94. The molecule has 0 bridgehead atoms. The number of nitrogens with zero attached hydrogens (tertiary/aromatic N) is 1. The minimum absolute atomic E-state index is 0.586. The minimum Gasteiger partial charge on any atom is -0.455 e. The highest BCUT2D eigenvalue weighted by Gasteiger charge is 2.20. The summed E-state index contributed by atoms with van der Waals surface area (Å²) in [6.45, 7) is 0. The van der Waals surface area contributed by atoms with E-state index in [1.54, 1.807) is 0 Å². The summed E-state index contributed by atoms with van der Waals surface area (Å²) in [4.78, 5) is 5.15. The lowest BCUT2D eigenvalue weighted by molar-refractivity contribution is 0.620. The summed E-state index contributed by atoms with van der Waals surface area (Å²) in [5.74, 6) is 0.586. The number of aromatic nitrogens is 1. The van der Waals surface area contributed by atoms with Crippen LogP contribution in [0, 0.1) is 0 Å². The molecular formula is C49H29NO3. The zero-order valence-corrected chi connectivity index (χ0v) is 28.4. The first-order chi connectivity index (χ1) is 26.2. The standard InChI is InChI=1S/C49H29NO3/c1-3-13-30(14-4-1)32-28-42(46-45(29-32)53-49(50-46)31-15-5-2-6-16-31)35-26-33(36-19-11-21-40-38-17-7-9-23-43(38)51-47(36)40)25-34(27-35)37-20-12-22-41-39-18-8-10-24-44(39)52-48(37)41/h1-29H. The summed E-state index contributed by atoms with van der Waals surface area (Å²) >= 11 is 0. The van der Waals surface area contributed by atoms with Crippen LogP contribution in [-0.2, 0) is 0 Å². The molecule has 0 saturated carbocycles. The third-order valence-electron chi connectivity index (χ3n) is 10.3. The van der Waals surface area contributed by atoms with E-state index in [0.717, 1.165) is 105 Å². The number of hydrogen-bond acceptors (Lipinski definition) is 4. The van der Waals surface area contributed by atoms with Crippen molar-refractivity contribution in [3.63, 3.8) is 0 Å². The topological polar surface area (TPSA) is 52.3 Å². The maximum Gasteiger partial charge on any atom is 0.227 e. The molecule has 11 rings (SSSR count). The van der Waals surface area contributed by atoms with Gasteiger partial charge in [-0.25, -0.2) is 4.98 Å². The Bertz CT molecular complexity index is 3030. The Morgan fingerprint density at radius 3 is 1.38 bits per heavy atom. The molecule has 0 atom stereocenters. The summed E-state index contributed by atoms with van der Waals surface area (Å²) < 4.78 is 19.7. The largest absolute Gasteiger partial charge is 0.455 e. The van der Waals surface area contributed by atoms with Gasteiger partial charge in [0.25, 0.3) is 0 Å². The molecule has 3 heterocycles. The van der Waals surface area contributed by atoms with Crippen LogP contribution in [0.2, 0.25) is 0 Å². The van der Waals surface area contributed by atoms with Crippen LogP contribution in [0.4, 0.5) is 0 Å². The van der Waals surface area contributed by atoms with E-state index in [1.807, 2.05) is 60.7 Å². The van der Waals surface area contributed by atoms with Gasteiger partial charge in [-0.2, -0.15) is 0 Å². The Kier molecular flexibility index (Phi) is 6.52. The highest BCUT2D eigenvalue weighted by atomic mass is 16.3. The van der Waals surface area contributed by atoms with Crippen LogP contribution in [0.1, 0.15) is 0 Å². The second-order valence-electron chi connectivity index (χ2n) is 13.5. The highest BCUT2D eigenvalue weighted by Crippen LogP contribution is 2.44. The second-order valence-corrected chi connectivity index (χ2v) is 13.5. The van der Waals surface area contributed by atoms with Gasteiger partial charge in [0.15, 0.2) is 5.58 Å². The number of rotatable bonds is 5. The molecule has 4 heteroatoms. The van der Waals surface area contributed by atoms with Crippen LogP contribution in [-0.4, -0.2) is 4.98 Å². The van der Waals surface area contributed by atoms with Crippen molar-refractivity contribution >= 4 is 55.0 Å². The lowest BCUT2D eigenvalue weighted by Crippen LogP contribution is -1.89. The van der Waals surface area contributed by atoms with Crippen molar-refractivity contribution in [3.8, 4) is 56.0 Å². The van der Waals surface area contributed by atoms with Gasteiger partial charge in [-0.3, -0.25) is 0 Å². The molecule has 53 heavy (non-hydrogen) atoms. The van der Waals surface area contributed by atoms with Crippen LogP contribution in [0.5, 0.6) is 0 Å². The fraction of sp³-hybridized carbons (Fsp3) is 0. The Labute approximate surface area is 304 Å². The maximum atomic E-state index is 6.59. The van der Waals surface area contributed by atoms with Gasteiger partial charge in [-0.15, -0.1) is 0 Å². The third-order valence-corrected chi connectivity index (χ3v) is 10.3. The van der Waals surface area contributed by atoms with Gasteiger partial charge < -0.3 is 13.3 Å². The van der Waals surface area contributed by atoms with E-state index < -0.39 is 0 Å². The molecule has 11 aromatic rings. The first kappa shape index (κ1) is 29.5. The first-order valence-corrected chi connectivity index (χ1v) is 17.8. The molecule has 0 unspecified atom stereocenters. The monoisotopic (exact) mass is 679 g/mol. The van der Waals surface area contributed by atoms with Gasteiger partial charge >= 0.3 is 0 Å². The smallest absolute Gasteiger partial charge is 0.227 e. The zero-order chi connectivity index (χ0) is 34.9. The first-order valence-electron chi connectivity index (χ1n) is 17.8. The van der Waals surface area contributed by atoms with Gasteiger partial charge in [0.05, 0.1) is 0 Å². The summed E-state index contributed by atoms with van der Waals surface area (Å²) in [5, 5.41) is 4.37. The molecule has 4 nitrogen and oxygen atoms in total. The Morgan fingerprint density at radius 2 is 0.792 bits per heavy atom. The minimum atomic E-state index is 0.586.